The quantitative estimate of drug-likeness (QED) is 0.781. The average molecular weight is 279 g/mol. The third kappa shape index (κ3) is 3.32. The summed E-state index contributed by atoms with van der Waals surface area (Å²) in [6.07, 6.45) is 0. The third-order valence-electron chi connectivity index (χ3n) is 2.62. The van der Waals surface area contributed by atoms with Crippen LogP contribution in [0, 0.1) is 5.82 Å². The molecule has 98 valence electrons. The molecule has 4 heteroatoms. The lowest BCUT2D eigenvalue weighted by atomic mass is 10.1. The summed E-state index contributed by atoms with van der Waals surface area (Å²) in [5, 5.41) is 0.273. The van der Waals surface area contributed by atoms with Gasteiger partial charge in [-0.05, 0) is 18.6 Å². The van der Waals surface area contributed by atoms with Crippen molar-refractivity contribution in [2.75, 3.05) is 0 Å². The van der Waals surface area contributed by atoms with Crippen molar-refractivity contribution >= 4 is 17.4 Å². The highest BCUT2D eigenvalue weighted by Crippen LogP contribution is 2.27. The summed E-state index contributed by atoms with van der Waals surface area (Å²) in [6, 6.07) is 12.0. The van der Waals surface area contributed by atoms with Gasteiger partial charge in [-0.2, -0.15) is 0 Å². The second kappa shape index (κ2) is 5.85. The van der Waals surface area contributed by atoms with Crippen molar-refractivity contribution in [2.45, 2.75) is 13.5 Å². The highest BCUT2D eigenvalue weighted by molar-refractivity contribution is 6.31. The molecule has 0 aliphatic carbocycles. The van der Waals surface area contributed by atoms with E-state index in [9.17, 15) is 9.18 Å². The number of halogens is 2. The Balaban J connectivity index is 2.23. The fourth-order valence-electron chi connectivity index (χ4n) is 1.66. The maximum absolute atomic E-state index is 14.0. The first-order chi connectivity index (χ1) is 9.08. The van der Waals surface area contributed by atoms with E-state index in [1.54, 1.807) is 0 Å². The predicted octanol–water partition coefficient (Wildman–Crippen LogP) is 4.26. The van der Waals surface area contributed by atoms with Crippen LogP contribution in [0.25, 0.3) is 0 Å². The van der Waals surface area contributed by atoms with Gasteiger partial charge in [-0.3, -0.25) is 4.79 Å². The number of Topliss-reactive ketones (excluding diaryl/α,β-unsaturated/α-hetero) is 1. The zero-order chi connectivity index (χ0) is 13.8. The standard InChI is InChI=1S/C15H12ClFO2/c1-10(18)13-7-12(16)8-14(15(13)17)19-9-11-5-3-2-4-6-11/h2-8H,9H2,1H3. The van der Waals surface area contributed by atoms with Gasteiger partial charge in [0.2, 0.25) is 0 Å². The van der Waals surface area contributed by atoms with Crippen LogP contribution in [0.2, 0.25) is 5.02 Å². The molecule has 0 spiro atoms. The van der Waals surface area contributed by atoms with Crippen LogP contribution in [0.5, 0.6) is 5.75 Å². The van der Waals surface area contributed by atoms with Crippen molar-refractivity contribution in [2.24, 2.45) is 0 Å². The first-order valence-corrected chi connectivity index (χ1v) is 6.12. The molecule has 0 aromatic heterocycles. The second-order valence-electron chi connectivity index (χ2n) is 4.10. The van der Waals surface area contributed by atoms with Gasteiger partial charge in [0.15, 0.2) is 17.3 Å². The summed E-state index contributed by atoms with van der Waals surface area (Å²) < 4.78 is 19.4. The smallest absolute Gasteiger partial charge is 0.175 e. The molecule has 0 bridgehead atoms. The van der Waals surface area contributed by atoms with Crippen LogP contribution in [-0.4, -0.2) is 5.78 Å². The lowest BCUT2D eigenvalue weighted by Crippen LogP contribution is -2.03. The molecule has 0 saturated carbocycles. The Morgan fingerprint density at radius 2 is 1.95 bits per heavy atom. The van der Waals surface area contributed by atoms with Gasteiger partial charge in [0.05, 0.1) is 5.56 Å². The minimum absolute atomic E-state index is 0.0125. The topological polar surface area (TPSA) is 26.3 Å². The molecule has 0 heterocycles. The lowest BCUT2D eigenvalue weighted by Gasteiger charge is -2.10. The zero-order valence-corrected chi connectivity index (χ0v) is 11.1. The molecule has 2 rings (SSSR count). The molecule has 0 N–H and O–H groups in total. The van der Waals surface area contributed by atoms with E-state index in [0.29, 0.717) is 0 Å². The van der Waals surface area contributed by atoms with Crippen molar-refractivity contribution < 1.29 is 13.9 Å². The van der Waals surface area contributed by atoms with E-state index in [0.717, 1.165) is 5.56 Å². The lowest BCUT2D eigenvalue weighted by molar-refractivity contribution is 0.101. The molecule has 0 atom stereocenters. The van der Waals surface area contributed by atoms with Crippen LogP contribution < -0.4 is 4.74 Å². The van der Waals surface area contributed by atoms with E-state index >= 15 is 0 Å². The van der Waals surface area contributed by atoms with Gasteiger partial charge in [0.25, 0.3) is 0 Å². The first-order valence-electron chi connectivity index (χ1n) is 5.74. The number of rotatable bonds is 4. The zero-order valence-electron chi connectivity index (χ0n) is 10.3. The van der Waals surface area contributed by atoms with Gasteiger partial charge in [-0.1, -0.05) is 41.9 Å². The highest BCUT2D eigenvalue weighted by atomic mass is 35.5. The number of carbonyl (C=O) groups is 1. The highest BCUT2D eigenvalue weighted by Gasteiger charge is 2.14. The monoisotopic (exact) mass is 278 g/mol. The molecule has 0 unspecified atom stereocenters. The van der Waals surface area contributed by atoms with Crippen molar-refractivity contribution in [1.29, 1.82) is 0 Å². The number of carbonyl (C=O) groups excluding carboxylic acids is 1. The van der Waals surface area contributed by atoms with Crippen LogP contribution >= 0.6 is 11.6 Å². The first kappa shape index (κ1) is 13.6. The van der Waals surface area contributed by atoms with Crippen molar-refractivity contribution in [3.05, 3.63) is 64.4 Å². The number of ether oxygens (including phenoxy) is 1. The van der Waals surface area contributed by atoms with Gasteiger partial charge in [-0.15, -0.1) is 0 Å². The molecular weight excluding hydrogens is 267 g/mol. The fourth-order valence-corrected chi connectivity index (χ4v) is 1.87. The molecule has 0 amide bonds. The SMILES string of the molecule is CC(=O)c1cc(Cl)cc(OCc2ccccc2)c1F. The fraction of sp³-hybridized carbons (Fsp3) is 0.133. The molecule has 0 radical (unpaired) electrons. The van der Waals surface area contributed by atoms with E-state index in [1.165, 1.54) is 19.1 Å². The summed E-state index contributed by atoms with van der Waals surface area (Å²) in [5.74, 6) is -1.07. The number of ketones is 1. The maximum Gasteiger partial charge on any atom is 0.175 e. The second-order valence-corrected chi connectivity index (χ2v) is 4.53. The van der Waals surface area contributed by atoms with E-state index in [1.807, 2.05) is 30.3 Å². The summed E-state index contributed by atoms with van der Waals surface area (Å²) in [7, 11) is 0. The Hall–Kier alpha value is -1.87. The Kier molecular flexibility index (Phi) is 4.17. The number of hydrogen-bond donors (Lipinski definition) is 0. The van der Waals surface area contributed by atoms with Crippen LogP contribution in [0.3, 0.4) is 0 Å². The van der Waals surface area contributed by atoms with E-state index in [2.05, 4.69) is 0 Å². The van der Waals surface area contributed by atoms with Gasteiger partial charge in [-0.25, -0.2) is 4.39 Å². The number of hydrogen-bond acceptors (Lipinski definition) is 2. The van der Waals surface area contributed by atoms with Crippen LogP contribution in [0.1, 0.15) is 22.8 Å². The minimum atomic E-state index is -0.673. The Labute approximate surface area is 115 Å². The Morgan fingerprint density at radius 1 is 1.26 bits per heavy atom. The molecule has 0 aliphatic rings. The maximum atomic E-state index is 14.0. The van der Waals surface area contributed by atoms with Crippen LogP contribution in [0.15, 0.2) is 42.5 Å². The molecule has 2 aromatic rings. The summed E-state index contributed by atoms with van der Waals surface area (Å²) in [4.78, 5) is 11.3. The van der Waals surface area contributed by atoms with E-state index < -0.39 is 5.82 Å². The minimum Gasteiger partial charge on any atom is -0.486 e. The molecule has 2 aromatic carbocycles. The van der Waals surface area contributed by atoms with Gasteiger partial charge >= 0.3 is 0 Å². The third-order valence-corrected chi connectivity index (χ3v) is 2.84. The largest absolute Gasteiger partial charge is 0.486 e. The Bertz CT molecular complexity index is 597. The molecular formula is C15H12ClFO2. The summed E-state index contributed by atoms with van der Waals surface area (Å²) >= 11 is 5.85. The van der Waals surface area contributed by atoms with Crippen LogP contribution in [0.4, 0.5) is 4.39 Å². The predicted molar refractivity (Wildman–Crippen MR) is 72.2 cm³/mol. The molecule has 0 fully saturated rings. The van der Waals surface area contributed by atoms with E-state index in [4.69, 9.17) is 16.3 Å². The molecule has 0 saturated heterocycles. The van der Waals surface area contributed by atoms with Gasteiger partial charge in [0, 0.05) is 11.1 Å². The van der Waals surface area contributed by atoms with E-state index in [-0.39, 0.29) is 28.7 Å². The number of benzene rings is 2. The van der Waals surface area contributed by atoms with Gasteiger partial charge < -0.3 is 4.74 Å². The summed E-state index contributed by atoms with van der Waals surface area (Å²) in [5.41, 5.74) is 0.849. The van der Waals surface area contributed by atoms with Crippen LogP contribution in [-0.2, 0) is 6.61 Å². The average Bonchev–Trinajstić information content (AvgIpc) is 2.40. The van der Waals surface area contributed by atoms with Crippen molar-refractivity contribution in [3.8, 4) is 5.75 Å². The molecule has 2 nitrogen and oxygen atoms in total. The Morgan fingerprint density at radius 3 is 2.58 bits per heavy atom. The van der Waals surface area contributed by atoms with Gasteiger partial charge in [0.1, 0.15) is 6.61 Å². The molecule has 19 heavy (non-hydrogen) atoms. The van der Waals surface area contributed by atoms with Crippen molar-refractivity contribution in [1.82, 2.24) is 0 Å². The normalized spacial score (nSPS) is 10.3. The van der Waals surface area contributed by atoms with Crippen molar-refractivity contribution in [3.63, 3.8) is 0 Å². The summed E-state index contributed by atoms with van der Waals surface area (Å²) in [6.45, 7) is 1.51. The molecule has 0 aliphatic heterocycles.